The third kappa shape index (κ3) is 3.72. The molecule has 0 spiro atoms. The van der Waals surface area contributed by atoms with Gasteiger partial charge >= 0.3 is 0 Å². The van der Waals surface area contributed by atoms with Crippen molar-refractivity contribution in [2.24, 2.45) is 5.92 Å². The van der Waals surface area contributed by atoms with Crippen LogP contribution in [0.15, 0.2) is 24.3 Å². The molecule has 2 nitrogen and oxygen atoms in total. The first-order valence-corrected chi connectivity index (χ1v) is 8.85. The van der Waals surface area contributed by atoms with Gasteiger partial charge in [0.25, 0.3) is 0 Å². The molecule has 1 fully saturated rings. The third-order valence-electron chi connectivity index (χ3n) is 5.17. The molecule has 0 bridgehead atoms. The lowest BCUT2D eigenvalue weighted by Gasteiger charge is -2.44. The van der Waals surface area contributed by atoms with E-state index in [0.29, 0.717) is 11.8 Å². The van der Waals surface area contributed by atoms with Crippen molar-refractivity contribution in [2.45, 2.75) is 58.0 Å². The minimum absolute atomic E-state index is 0.0882. The van der Waals surface area contributed by atoms with Gasteiger partial charge in [0.1, 0.15) is 0 Å². The molecular weight excluding hydrogens is 270 g/mol. The van der Waals surface area contributed by atoms with Crippen molar-refractivity contribution < 1.29 is 4.74 Å². The Hall–Kier alpha value is -0.860. The number of rotatable bonds is 6. The molecule has 0 radical (unpaired) electrons. The van der Waals surface area contributed by atoms with Crippen molar-refractivity contribution >= 4 is 0 Å². The minimum Gasteiger partial charge on any atom is -0.369 e. The standard InChI is InChI=1S/C20H33NO/c1-16(2)18-11-6-7-12-19(18)20(22-15-14-21(4)5)13-9-8-10-17(20)3/h6-7,11-12,16-17H,8-10,13-15H2,1-5H3. The molecule has 0 N–H and O–H groups in total. The molecule has 0 aromatic heterocycles. The summed E-state index contributed by atoms with van der Waals surface area (Å²) in [6.45, 7) is 8.76. The fourth-order valence-corrected chi connectivity index (χ4v) is 3.81. The Morgan fingerprint density at radius 3 is 2.59 bits per heavy atom. The second-order valence-electron chi connectivity index (χ2n) is 7.43. The number of benzene rings is 1. The lowest BCUT2D eigenvalue weighted by atomic mass is 9.70. The van der Waals surface area contributed by atoms with Gasteiger partial charge in [0.05, 0.1) is 12.2 Å². The number of hydrogen-bond acceptors (Lipinski definition) is 2. The van der Waals surface area contributed by atoms with Crippen molar-refractivity contribution in [1.82, 2.24) is 4.90 Å². The summed E-state index contributed by atoms with van der Waals surface area (Å²) in [5, 5.41) is 0. The summed E-state index contributed by atoms with van der Waals surface area (Å²) in [7, 11) is 4.23. The van der Waals surface area contributed by atoms with Gasteiger partial charge in [0.2, 0.25) is 0 Å². The highest BCUT2D eigenvalue weighted by Gasteiger charge is 2.42. The second-order valence-corrected chi connectivity index (χ2v) is 7.43. The van der Waals surface area contributed by atoms with Crippen LogP contribution in [0.5, 0.6) is 0 Å². The second kappa shape index (κ2) is 7.61. The van der Waals surface area contributed by atoms with Crippen LogP contribution in [0.25, 0.3) is 0 Å². The SMILES string of the molecule is CC(C)c1ccccc1C1(OCCN(C)C)CCCCC1C. The number of nitrogens with zero attached hydrogens (tertiary/aromatic N) is 1. The Balaban J connectivity index is 2.36. The molecule has 2 rings (SSSR count). The molecule has 1 aromatic rings. The van der Waals surface area contributed by atoms with Crippen molar-refractivity contribution in [2.75, 3.05) is 27.2 Å². The van der Waals surface area contributed by atoms with Crippen LogP contribution in [0.2, 0.25) is 0 Å². The molecule has 2 heteroatoms. The van der Waals surface area contributed by atoms with Crippen molar-refractivity contribution in [3.8, 4) is 0 Å². The predicted molar refractivity (Wildman–Crippen MR) is 94.3 cm³/mol. The highest BCUT2D eigenvalue weighted by molar-refractivity contribution is 5.36. The summed E-state index contributed by atoms with van der Waals surface area (Å²) >= 11 is 0. The van der Waals surface area contributed by atoms with Crippen LogP contribution in [0.4, 0.5) is 0 Å². The van der Waals surface area contributed by atoms with E-state index in [0.717, 1.165) is 19.6 Å². The van der Waals surface area contributed by atoms with E-state index in [1.54, 1.807) is 0 Å². The van der Waals surface area contributed by atoms with Gasteiger partial charge in [-0.05, 0) is 49.9 Å². The van der Waals surface area contributed by atoms with Crippen LogP contribution in [0, 0.1) is 5.92 Å². The summed E-state index contributed by atoms with van der Waals surface area (Å²) in [4.78, 5) is 2.20. The molecular formula is C20H33NO. The Kier molecular flexibility index (Phi) is 6.05. The summed E-state index contributed by atoms with van der Waals surface area (Å²) in [6.07, 6.45) is 5.04. The maximum atomic E-state index is 6.63. The first kappa shape index (κ1) is 17.5. The van der Waals surface area contributed by atoms with E-state index in [9.17, 15) is 0 Å². The van der Waals surface area contributed by atoms with Crippen LogP contribution in [-0.2, 0) is 10.3 Å². The zero-order valence-electron chi connectivity index (χ0n) is 15.1. The van der Waals surface area contributed by atoms with E-state index in [2.05, 4.69) is 64.0 Å². The molecule has 1 aliphatic rings. The van der Waals surface area contributed by atoms with Gasteiger partial charge in [-0.15, -0.1) is 0 Å². The maximum Gasteiger partial charge on any atom is 0.0960 e. The van der Waals surface area contributed by atoms with Gasteiger partial charge in [-0.2, -0.15) is 0 Å². The Morgan fingerprint density at radius 2 is 1.95 bits per heavy atom. The van der Waals surface area contributed by atoms with Gasteiger partial charge in [-0.3, -0.25) is 0 Å². The van der Waals surface area contributed by atoms with Gasteiger partial charge in [-0.1, -0.05) is 57.9 Å². The van der Waals surface area contributed by atoms with Crippen LogP contribution >= 0.6 is 0 Å². The highest BCUT2D eigenvalue weighted by atomic mass is 16.5. The summed E-state index contributed by atoms with van der Waals surface area (Å²) in [5.74, 6) is 1.13. The molecule has 1 aromatic carbocycles. The Morgan fingerprint density at radius 1 is 1.23 bits per heavy atom. The van der Waals surface area contributed by atoms with Gasteiger partial charge in [0, 0.05) is 6.54 Å². The van der Waals surface area contributed by atoms with E-state index in [4.69, 9.17) is 4.74 Å². The van der Waals surface area contributed by atoms with Gasteiger partial charge < -0.3 is 9.64 Å². The van der Waals surface area contributed by atoms with E-state index in [1.165, 1.54) is 30.4 Å². The van der Waals surface area contributed by atoms with Crippen molar-refractivity contribution in [3.63, 3.8) is 0 Å². The molecule has 1 saturated carbocycles. The zero-order chi connectivity index (χ0) is 16.2. The lowest BCUT2D eigenvalue weighted by Crippen LogP contribution is -2.41. The topological polar surface area (TPSA) is 12.5 Å². The fourth-order valence-electron chi connectivity index (χ4n) is 3.81. The molecule has 2 unspecified atom stereocenters. The molecule has 124 valence electrons. The Bertz CT molecular complexity index is 469. The van der Waals surface area contributed by atoms with Gasteiger partial charge in [0.15, 0.2) is 0 Å². The molecule has 1 aliphatic carbocycles. The highest BCUT2D eigenvalue weighted by Crippen LogP contribution is 2.46. The molecule has 2 atom stereocenters. The quantitative estimate of drug-likeness (QED) is 0.749. The van der Waals surface area contributed by atoms with E-state index in [1.807, 2.05) is 0 Å². The van der Waals surface area contributed by atoms with Crippen LogP contribution in [0.3, 0.4) is 0 Å². The molecule has 0 saturated heterocycles. The smallest absolute Gasteiger partial charge is 0.0960 e. The molecule has 0 amide bonds. The number of likely N-dealkylation sites (N-methyl/N-ethyl adjacent to an activating group) is 1. The summed E-state index contributed by atoms with van der Waals surface area (Å²) in [6, 6.07) is 8.95. The van der Waals surface area contributed by atoms with Gasteiger partial charge in [-0.25, -0.2) is 0 Å². The normalized spacial score (nSPS) is 25.9. The third-order valence-corrected chi connectivity index (χ3v) is 5.17. The first-order valence-electron chi connectivity index (χ1n) is 8.85. The monoisotopic (exact) mass is 303 g/mol. The molecule has 0 heterocycles. The van der Waals surface area contributed by atoms with Crippen LogP contribution < -0.4 is 0 Å². The largest absolute Gasteiger partial charge is 0.369 e. The van der Waals surface area contributed by atoms with Crippen molar-refractivity contribution in [3.05, 3.63) is 35.4 Å². The summed E-state index contributed by atoms with van der Waals surface area (Å²) < 4.78 is 6.63. The fraction of sp³-hybridized carbons (Fsp3) is 0.700. The Labute approximate surface area is 136 Å². The van der Waals surface area contributed by atoms with Crippen molar-refractivity contribution in [1.29, 1.82) is 0 Å². The van der Waals surface area contributed by atoms with Crippen LogP contribution in [0.1, 0.15) is 63.5 Å². The molecule has 22 heavy (non-hydrogen) atoms. The maximum absolute atomic E-state index is 6.63. The lowest BCUT2D eigenvalue weighted by molar-refractivity contribution is -0.113. The van der Waals surface area contributed by atoms with E-state index in [-0.39, 0.29) is 5.60 Å². The minimum atomic E-state index is -0.0882. The average Bonchev–Trinajstić information content (AvgIpc) is 2.49. The van der Waals surface area contributed by atoms with E-state index >= 15 is 0 Å². The summed E-state index contributed by atoms with van der Waals surface area (Å²) in [5.41, 5.74) is 2.81. The van der Waals surface area contributed by atoms with E-state index < -0.39 is 0 Å². The molecule has 0 aliphatic heterocycles. The number of hydrogen-bond donors (Lipinski definition) is 0. The predicted octanol–water partition coefficient (Wildman–Crippen LogP) is 4.79. The average molecular weight is 303 g/mol. The first-order chi connectivity index (χ1) is 10.5. The zero-order valence-corrected chi connectivity index (χ0v) is 15.1. The van der Waals surface area contributed by atoms with Crippen LogP contribution in [-0.4, -0.2) is 32.1 Å². The number of ether oxygens (including phenoxy) is 1.